The van der Waals surface area contributed by atoms with Crippen LogP contribution in [0.1, 0.15) is 68.0 Å². The first kappa shape index (κ1) is 25.8. The number of fused-ring (bicyclic) bond motifs is 1. The van der Waals surface area contributed by atoms with E-state index < -0.39 is 6.10 Å². The number of anilines is 1. The van der Waals surface area contributed by atoms with Gasteiger partial charge in [-0.3, -0.25) is 4.40 Å². The lowest BCUT2D eigenvalue weighted by Gasteiger charge is -2.33. The van der Waals surface area contributed by atoms with Gasteiger partial charge in [-0.05, 0) is 74.5 Å². The molecule has 8 heteroatoms. The fraction of sp³-hybridized carbons (Fsp3) is 0.400. The number of pyridine rings is 1. The lowest BCUT2D eigenvalue weighted by molar-refractivity contribution is 0.0604. The number of aryl methyl sites for hydroxylation is 1. The lowest BCUT2D eigenvalue weighted by atomic mass is 9.87. The van der Waals surface area contributed by atoms with Gasteiger partial charge in [-0.2, -0.15) is 5.26 Å². The topological polar surface area (TPSA) is 102 Å². The summed E-state index contributed by atoms with van der Waals surface area (Å²) >= 11 is 0. The Morgan fingerprint density at radius 2 is 1.82 bits per heavy atom. The molecule has 1 unspecified atom stereocenters. The second-order valence-electron chi connectivity index (χ2n) is 10.0. The molecule has 0 radical (unpaired) electrons. The number of nitrogens with one attached hydrogen (secondary N) is 1. The standard InChI is InChI=1S/C30H35N7O/c1-4-21-7-6-14-37-26(19-32-29(21)37)27-25(17-31)18-33-30(35-27)34-20(3)22-8-10-23(11-9-22)28(38)24-12-15-36(5-2)16-13-24/h6-11,14,18-20,24,28,38H,4-5,12-13,15-16H2,1-3H3,(H,33,34,35)/t20-,28?/m0/s1. The number of aliphatic hydroxyl groups excluding tert-OH is 1. The van der Waals surface area contributed by atoms with E-state index in [4.69, 9.17) is 4.98 Å². The van der Waals surface area contributed by atoms with Gasteiger partial charge in [0.05, 0.1) is 35.8 Å². The van der Waals surface area contributed by atoms with Crippen LogP contribution in [-0.2, 0) is 6.42 Å². The number of aromatic nitrogens is 4. The number of hydrogen-bond acceptors (Lipinski definition) is 7. The molecule has 1 aliphatic heterocycles. The van der Waals surface area contributed by atoms with Crippen molar-refractivity contribution in [3.05, 3.63) is 77.2 Å². The van der Waals surface area contributed by atoms with Crippen molar-refractivity contribution >= 4 is 11.6 Å². The summed E-state index contributed by atoms with van der Waals surface area (Å²) in [5, 5.41) is 24.1. The van der Waals surface area contributed by atoms with Crippen LogP contribution in [0.25, 0.3) is 17.0 Å². The van der Waals surface area contributed by atoms with Crippen LogP contribution in [0.4, 0.5) is 5.95 Å². The molecule has 1 saturated heterocycles. The Morgan fingerprint density at radius 1 is 1.08 bits per heavy atom. The van der Waals surface area contributed by atoms with Crippen molar-refractivity contribution in [3.63, 3.8) is 0 Å². The molecule has 4 heterocycles. The maximum atomic E-state index is 11.0. The number of nitrogens with zero attached hydrogens (tertiary/aromatic N) is 6. The van der Waals surface area contributed by atoms with Gasteiger partial charge in [0.25, 0.3) is 0 Å². The van der Waals surface area contributed by atoms with Crippen LogP contribution < -0.4 is 5.32 Å². The van der Waals surface area contributed by atoms with Crippen molar-refractivity contribution in [2.75, 3.05) is 25.0 Å². The van der Waals surface area contributed by atoms with E-state index in [-0.39, 0.29) is 6.04 Å². The van der Waals surface area contributed by atoms with E-state index in [9.17, 15) is 10.4 Å². The number of benzene rings is 1. The minimum absolute atomic E-state index is 0.0661. The zero-order chi connectivity index (χ0) is 26.6. The van der Waals surface area contributed by atoms with Crippen molar-refractivity contribution in [1.29, 1.82) is 5.26 Å². The average Bonchev–Trinajstić information content (AvgIpc) is 3.41. The van der Waals surface area contributed by atoms with E-state index in [1.54, 1.807) is 12.4 Å². The molecular weight excluding hydrogens is 474 g/mol. The summed E-state index contributed by atoms with van der Waals surface area (Å²) in [6.45, 7) is 9.52. The quantitative estimate of drug-likeness (QED) is 0.338. The summed E-state index contributed by atoms with van der Waals surface area (Å²) in [7, 11) is 0. The Labute approximate surface area is 224 Å². The Balaban J connectivity index is 1.33. The van der Waals surface area contributed by atoms with Crippen LogP contribution in [-0.4, -0.2) is 49.0 Å². The Bertz CT molecular complexity index is 1430. The van der Waals surface area contributed by atoms with Crippen LogP contribution >= 0.6 is 0 Å². The molecule has 0 bridgehead atoms. The fourth-order valence-electron chi connectivity index (χ4n) is 5.36. The molecule has 8 nitrogen and oxygen atoms in total. The van der Waals surface area contributed by atoms with E-state index in [1.165, 1.54) is 0 Å². The van der Waals surface area contributed by atoms with E-state index in [0.29, 0.717) is 23.1 Å². The summed E-state index contributed by atoms with van der Waals surface area (Å²) < 4.78 is 1.98. The SMILES string of the molecule is CCc1cccn2c(-c3nc(N[C@@H](C)c4ccc(C(O)C5CCN(CC)CC5)cc4)ncc3C#N)cnc12. The van der Waals surface area contributed by atoms with E-state index >= 15 is 0 Å². The molecule has 38 heavy (non-hydrogen) atoms. The third kappa shape index (κ3) is 5.13. The second-order valence-corrected chi connectivity index (χ2v) is 10.0. The van der Waals surface area contributed by atoms with Gasteiger partial charge in [-0.1, -0.05) is 44.2 Å². The summed E-state index contributed by atoms with van der Waals surface area (Å²) in [6, 6.07) is 14.4. The summed E-state index contributed by atoms with van der Waals surface area (Å²) in [6.07, 6.45) is 7.76. The van der Waals surface area contributed by atoms with Crippen LogP contribution in [0.5, 0.6) is 0 Å². The first-order chi connectivity index (χ1) is 18.5. The largest absolute Gasteiger partial charge is 0.388 e. The van der Waals surface area contributed by atoms with Crippen molar-refractivity contribution in [3.8, 4) is 17.5 Å². The predicted octanol–water partition coefficient (Wildman–Crippen LogP) is 5.16. The highest BCUT2D eigenvalue weighted by Gasteiger charge is 2.26. The van der Waals surface area contributed by atoms with Crippen molar-refractivity contribution in [1.82, 2.24) is 24.3 Å². The zero-order valence-electron chi connectivity index (χ0n) is 22.3. The Kier molecular flexibility index (Phi) is 7.68. The highest BCUT2D eigenvalue weighted by atomic mass is 16.3. The predicted molar refractivity (Wildman–Crippen MR) is 149 cm³/mol. The molecular formula is C30H35N7O. The van der Waals surface area contributed by atoms with Gasteiger partial charge in [-0.25, -0.2) is 15.0 Å². The normalized spacial score (nSPS) is 16.3. The Hall–Kier alpha value is -3.80. The van der Waals surface area contributed by atoms with Crippen molar-refractivity contribution < 1.29 is 5.11 Å². The highest BCUT2D eigenvalue weighted by molar-refractivity contribution is 5.68. The summed E-state index contributed by atoms with van der Waals surface area (Å²) in [5.41, 5.74) is 5.74. The number of aliphatic hydroxyl groups is 1. The van der Waals surface area contributed by atoms with Gasteiger partial charge in [0.2, 0.25) is 5.95 Å². The number of likely N-dealkylation sites (tertiary alicyclic amines) is 1. The minimum atomic E-state index is -0.436. The number of nitriles is 1. The fourth-order valence-corrected chi connectivity index (χ4v) is 5.36. The number of hydrogen-bond donors (Lipinski definition) is 2. The summed E-state index contributed by atoms with van der Waals surface area (Å²) in [5.74, 6) is 0.748. The molecule has 0 aliphatic carbocycles. The van der Waals surface area contributed by atoms with Crippen LogP contribution in [0.2, 0.25) is 0 Å². The van der Waals surface area contributed by atoms with Gasteiger partial charge in [-0.15, -0.1) is 0 Å². The van der Waals surface area contributed by atoms with Gasteiger partial charge in [0.15, 0.2) is 0 Å². The molecule has 1 aromatic carbocycles. The molecule has 0 amide bonds. The average molecular weight is 510 g/mol. The maximum Gasteiger partial charge on any atom is 0.223 e. The number of rotatable bonds is 8. The monoisotopic (exact) mass is 509 g/mol. The molecule has 0 spiro atoms. The first-order valence-corrected chi connectivity index (χ1v) is 13.5. The van der Waals surface area contributed by atoms with Crippen LogP contribution in [0.3, 0.4) is 0 Å². The minimum Gasteiger partial charge on any atom is -0.388 e. The number of piperidine rings is 1. The maximum absolute atomic E-state index is 11.0. The molecule has 1 aliphatic rings. The third-order valence-corrected chi connectivity index (χ3v) is 7.80. The molecule has 196 valence electrons. The molecule has 0 saturated carbocycles. The van der Waals surface area contributed by atoms with E-state index in [2.05, 4.69) is 65.2 Å². The van der Waals surface area contributed by atoms with Gasteiger partial charge >= 0.3 is 0 Å². The lowest BCUT2D eigenvalue weighted by Crippen LogP contribution is -2.35. The van der Waals surface area contributed by atoms with Gasteiger partial charge in [0.1, 0.15) is 17.4 Å². The van der Waals surface area contributed by atoms with Crippen molar-refractivity contribution in [2.24, 2.45) is 5.92 Å². The van der Waals surface area contributed by atoms with Crippen molar-refractivity contribution in [2.45, 2.75) is 52.2 Å². The van der Waals surface area contributed by atoms with E-state index in [1.807, 2.05) is 28.8 Å². The Morgan fingerprint density at radius 3 is 2.50 bits per heavy atom. The first-order valence-electron chi connectivity index (χ1n) is 13.5. The van der Waals surface area contributed by atoms with Crippen LogP contribution in [0.15, 0.2) is 55.0 Å². The highest BCUT2D eigenvalue weighted by Crippen LogP contribution is 2.32. The molecule has 2 N–H and O–H groups in total. The molecule has 5 rings (SSSR count). The summed E-state index contributed by atoms with van der Waals surface area (Å²) in [4.78, 5) is 16.2. The molecule has 2 atom stereocenters. The smallest absolute Gasteiger partial charge is 0.223 e. The second kappa shape index (κ2) is 11.3. The third-order valence-electron chi connectivity index (χ3n) is 7.80. The van der Waals surface area contributed by atoms with E-state index in [0.717, 1.165) is 66.9 Å². The molecule has 4 aromatic rings. The molecule has 3 aromatic heterocycles. The molecule has 1 fully saturated rings. The zero-order valence-corrected chi connectivity index (χ0v) is 22.3. The van der Waals surface area contributed by atoms with Crippen LogP contribution in [0, 0.1) is 17.2 Å². The number of imidazole rings is 1. The van der Waals surface area contributed by atoms with Gasteiger partial charge < -0.3 is 15.3 Å². The van der Waals surface area contributed by atoms with Gasteiger partial charge in [0, 0.05) is 6.20 Å².